The van der Waals surface area contributed by atoms with E-state index in [1.54, 1.807) is 18.2 Å². The second-order valence-corrected chi connectivity index (χ2v) is 5.38. The molecule has 0 heterocycles. The SMILES string of the molecule is CC1CCC(C(O)c2ccccc2OC(F)F)CC1. The number of rotatable bonds is 4. The van der Waals surface area contributed by atoms with Crippen molar-refractivity contribution in [3.05, 3.63) is 29.8 Å². The van der Waals surface area contributed by atoms with Crippen molar-refractivity contribution in [1.82, 2.24) is 0 Å². The van der Waals surface area contributed by atoms with Crippen molar-refractivity contribution in [2.45, 2.75) is 45.3 Å². The Hall–Kier alpha value is -1.16. The van der Waals surface area contributed by atoms with Crippen LogP contribution in [0.2, 0.25) is 0 Å². The molecule has 1 fully saturated rings. The Balaban J connectivity index is 2.11. The predicted molar refractivity (Wildman–Crippen MR) is 69.2 cm³/mol. The van der Waals surface area contributed by atoms with Crippen molar-refractivity contribution >= 4 is 0 Å². The van der Waals surface area contributed by atoms with Crippen LogP contribution in [0.1, 0.15) is 44.3 Å². The first kappa shape index (κ1) is 14.3. The van der Waals surface area contributed by atoms with Gasteiger partial charge in [-0.25, -0.2) is 0 Å². The number of benzene rings is 1. The standard InChI is InChI=1S/C15H20F2O2/c1-10-6-8-11(9-7-10)14(18)12-4-2-3-5-13(12)19-15(16)17/h2-5,10-11,14-15,18H,6-9H2,1H3. The lowest BCUT2D eigenvalue weighted by atomic mass is 9.78. The normalized spacial score (nSPS) is 25.3. The number of alkyl halides is 2. The maximum atomic E-state index is 12.4. The van der Waals surface area contributed by atoms with Crippen LogP contribution >= 0.6 is 0 Å². The van der Waals surface area contributed by atoms with Gasteiger partial charge in [-0.3, -0.25) is 0 Å². The summed E-state index contributed by atoms with van der Waals surface area (Å²) in [5.41, 5.74) is 0.474. The van der Waals surface area contributed by atoms with E-state index in [9.17, 15) is 13.9 Å². The topological polar surface area (TPSA) is 29.5 Å². The average Bonchev–Trinajstić information content (AvgIpc) is 2.39. The van der Waals surface area contributed by atoms with Gasteiger partial charge in [0.15, 0.2) is 0 Å². The van der Waals surface area contributed by atoms with Gasteiger partial charge >= 0.3 is 6.61 Å². The molecule has 0 amide bonds. The summed E-state index contributed by atoms with van der Waals surface area (Å²) in [5, 5.41) is 10.4. The van der Waals surface area contributed by atoms with Crippen LogP contribution in [0.4, 0.5) is 8.78 Å². The van der Waals surface area contributed by atoms with Crippen LogP contribution in [-0.2, 0) is 0 Å². The van der Waals surface area contributed by atoms with Gasteiger partial charge in [0.1, 0.15) is 5.75 Å². The van der Waals surface area contributed by atoms with Crippen molar-refractivity contribution < 1.29 is 18.6 Å². The molecule has 1 atom stereocenters. The minimum Gasteiger partial charge on any atom is -0.434 e. The quantitative estimate of drug-likeness (QED) is 0.890. The molecular formula is C15H20F2O2. The number of hydrogen-bond donors (Lipinski definition) is 1. The molecule has 1 unspecified atom stereocenters. The molecule has 1 aliphatic rings. The van der Waals surface area contributed by atoms with Gasteiger partial charge in [-0.1, -0.05) is 38.0 Å². The maximum Gasteiger partial charge on any atom is 0.387 e. The molecule has 1 aliphatic carbocycles. The van der Waals surface area contributed by atoms with Crippen molar-refractivity contribution in [2.75, 3.05) is 0 Å². The van der Waals surface area contributed by atoms with Crippen molar-refractivity contribution in [3.8, 4) is 5.75 Å². The Morgan fingerprint density at radius 2 is 1.79 bits per heavy atom. The van der Waals surface area contributed by atoms with Crippen molar-refractivity contribution in [2.24, 2.45) is 11.8 Å². The Morgan fingerprint density at radius 3 is 2.42 bits per heavy atom. The summed E-state index contributed by atoms with van der Waals surface area (Å²) in [4.78, 5) is 0. The number of ether oxygens (including phenoxy) is 1. The zero-order valence-corrected chi connectivity index (χ0v) is 11.1. The molecule has 0 aliphatic heterocycles. The highest BCUT2D eigenvalue weighted by atomic mass is 19.3. The third kappa shape index (κ3) is 3.66. The van der Waals surface area contributed by atoms with Crippen LogP contribution in [0.25, 0.3) is 0 Å². The van der Waals surface area contributed by atoms with Gasteiger partial charge in [-0.2, -0.15) is 8.78 Å². The van der Waals surface area contributed by atoms with E-state index in [0.717, 1.165) is 25.7 Å². The second kappa shape index (κ2) is 6.33. The maximum absolute atomic E-state index is 12.4. The smallest absolute Gasteiger partial charge is 0.387 e. The Labute approximate surface area is 112 Å². The zero-order valence-electron chi connectivity index (χ0n) is 11.1. The molecule has 2 rings (SSSR count). The fourth-order valence-electron chi connectivity index (χ4n) is 2.78. The lowest BCUT2D eigenvalue weighted by Gasteiger charge is -2.30. The highest BCUT2D eigenvalue weighted by Crippen LogP contribution is 2.39. The summed E-state index contributed by atoms with van der Waals surface area (Å²) in [6.07, 6.45) is 3.32. The number of aliphatic hydroxyl groups is 1. The van der Waals surface area contributed by atoms with Crippen LogP contribution in [0.5, 0.6) is 5.75 Å². The minimum absolute atomic E-state index is 0.0867. The minimum atomic E-state index is -2.86. The largest absolute Gasteiger partial charge is 0.434 e. The van der Waals surface area contributed by atoms with Crippen LogP contribution in [0.3, 0.4) is 0 Å². The number of aliphatic hydroxyl groups excluding tert-OH is 1. The summed E-state index contributed by atoms with van der Waals surface area (Å²) >= 11 is 0. The first-order chi connectivity index (χ1) is 9.08. The first-order valence-electron chi connectivity index (χ1n) is 6.79. The number of para-hydroxylation sites is 1. The molecule has 0 aromatic heterocycles. The van der Waals surface area contributed by atoms with Gasteiger partial charge in [0.05, 0.1) is 6.10 Å². The highest BCUT2D eigenvalue weighted by Gasteiger charge is 2.27. The van der Waals surface area contributed by atoms with Crippen LogP contribution in [0, 0.1) is 11.8 Å². The van der Waals surface area contributed by atoms with Crippen LogP contribution in [0.15, 0.2) is 24.3 Å². The molecule has 4 heteroatoms. The second-order valence-electron chi connectivity index (χ2n) is 5.38. The summed E-state index contributed by atoms with van der Waals surface area (Å²) in [6, 6.07) is 6.52. The summed E-state index contributed by atoms with van der Waals surface area (Å²) < 4.78 is 29.2. The van der Waals surface area contributed by atoms with E-state index in [4.69, 9.17) is 0 Å². The molecule has 106 valence electrons. The van der Waals surface area contributed by atoms with Gasteiger partial charge in [0.25, 0.3) is 0 Å². The highest BCUT2D eigenvalue weighted by molar-refractivity contribution is 5.35. The van der Waals surface area contributed by atoms with Gasteiger partial charge in [-0.05, 0) is 30.7 Å². The molecule has 0 saturated heterocycles. The van der Waals surface area contributed by atoms with E-state index in [2.05, 4.69) is 11.7 Å². The predicted octanol–water partition coefficient (Wildman–Crippen LogP) is 4.15. The molecule has 0 bridgehead atoms. The molecule has 2 nitrogen and oxygen atoms in total. The Bertz CT molecular complexity index is 401. The lowest BCUT2D eigenvalue weighted by molar-refractivity contribution is -0.0525. The van der Waals surface area contributed by atoms with Crippen molar-refractivity contribution in [1.29, 1.82) is 0 Å². The molecule has 1 N–H and O–H groups in total. The molecule has 0 radical (unpaired) electrons. The zero-order chi connectivity index (χ0) is 13.8. The molecule has 1 aromatic carbocycles. The van der Waals surface area contributed by atoms with Gasteiger partial charge < -0.3 is 9.84 Å². The van der Waals surface area contributed by atoms with E-state index in [-0.39, 0.29) is 11.7 Å². The lowest BCUT2D eigenvalue weighted by Crippen LogP contribution is -2.20. The fraction of sp³-hybridized carbons (Fsp3) is 0.600. The molecule has 0 spiro atoms. The van der Waals surface area contributed by atoms with Crippen molar-refractivity contribution in [3.63, 3.8) is 0 Å². The summed E-state index contributed by atoms with van der Waals surface area (Å²) in [6.45, 7) is -0.657. The number of hydrogen-bond acceptors (Lipinski definition) is 2. The first-order valence-corrected chi connectivity index (χ1v) is 6.79. The molecule has 1 saturated carbocycles. The third-order valence-corrected chi connectivity index (χ3v) is 3.96. The third-order valence-electron chi connectivity index (χ3n) is 3.96. The van der Waals surface area contributed by atoms with E-state index in [0.29, 0.717) is 11.5 Å². The van der Waals surface area contributed by atoms with Gasteiger partial charge in [-0.15, -0.1) is 0 Å². The Morgan fingerprint density at radius 1 is 1.16 bits per heavy atom. The number of halogens is 2. The monoisotopic (exact) mass is 270 g/mol. The van der Waals surface area contributed by atoms with Crippen LogP contribution < -0.4 is 4.74 Å². The molecular weight excluding hydrogens is 250 g/mol. The fourth-order valence-corrected chi connectivity index (χ4v) is 2.78. The molecule has 19 heavy (non-hydrogen) atoms. The van der Waals surface area contributed by atoms with E-state index in [1.165, 1.54) is 6.07 Å². The van der Waals surface area contributed by atoms with E-state index >= 15 is 0 Å². The summed E-state index contributed by atoms with van der Waals surface area (Å²) in [5.74, 6) is 0.915. The van der Waals surface area contributed by atoms with E-state index in [1.807, 2.05) is 0 Å². The van der Waals surface area contributed by atoms with E-state index < -0.39 is 12.7 Å². The molecule has 1 aromatic rings. The van der Waals surface area contributed by atoms with Crippen LogP contribution in [-0.4, -0.2) is 11.7 Å². The summed E-state index contributed by atoms with van der Waals surface area (Å²) in [7, 11) is 0. The average molecular weight is 270 g/mol. The van der Waals surface area contributed by atoms with Gasteiger partial charge in [0.2, 0.25) is 0 Å². The Kier molecular flexibility index (Phi) is 4.75. The van der Waals surface area contributed by atoms with Gasteiger partial charge in [0, 0.05) is 5.56 Å².